The molecule has 0 amide bonds. The van der Waals surface area contributed by atoms with E-state index >= 15 is 0 Å². The first-order valence-corrected chi connectivity index (χ1v) is 6.44. The molecule has 0 radical (unpaired) electrons. The van der Waals surface area contributed by atoms with Gasteiger partial charge in [0.1, 0.15) is 5.82 Å². The number of aliphatic hydroxyl groups excluding tert-OH is 1. The third kappa shape index (κ3) is 5.12. The minimum atomic E-state index is -0.230. The van der Waals surface area contributed by atoms with E-state index in [9.17, 15) is 4.39 Å². The van der Waals surface area contributed by atoms with Gasteiger partial charge < -0.3 is 15.7 Å². The van der Waals surface area contributed by atoms with E-state index in [1.165, 1.54) is 6.07 Å². The molecule has 0 atom stereocenters. The predicted octanol–water partition coefficient (Wildman–Crippen LogP) is 1.88. The Morgan fingerprint density at radius 1 is 1.28 bits per heavy atom. The van der Waals surface area contributed by atoms with Crippen LogP contribution in [0.3, 0.4) is 0 Å². The minimum Gasteiger partial charge on any atom is -0.396 e. The smallest absolute Gasteiger partial charge is 0.127 e. The van der Waals surface area contributed by atoms with Crippen molar-refractivity contribution in [2.75, 3.05) is 20.2 Å². The van der Waals surface area contributed by atoms with Crippen molar-refractivity contribution < 1.29 is 9.50 Å². The second kappa shape index (κ2) is 8.19. The maximum absolute atomic E-state index is 13.3. The maximum Gasteiger partial charge on any atom is 0.127 e. The summed E-state index contributed by atoms with van der Waals surface area (Å²) in [5.41, 5.74) is 7.14. The van der Waals surface area contributed by atoms with Crippen LogP contribution in [0.15, 0.2) is 18.2 Å². The van der Waals surface area contributed by atoms with E-state index in [1.54, 1.807) is 6.07 Å². The fourth-order valence-corrected chi connectivity index (χ4v) is 1.94. The fraction of sp³-hybridized carbons (Fsp3) is 0.571. The van der Waals surface area contributed by atoms with Gasteiger partial charge in [0, 0.05) is 25.3 Å². The van der Waals surface area contributed by atoms with Crippen molar-refractivity contribution in [3.63, 3.8) is 0 Å². The Labute approximate surface area is 108 Å². The Kier molecular flexibility index (Phi) is 6.86. The zero-order chi connectivity index (χ0) is 13.4. The standard InChI is InChI=1S/C14H23FN2O/c1-17(7-3-2-4-8-18)11-12-5-6-14(15)13(9-12)10-16/h5-6,9,18H,2-4,7-8,10-11,16H2,1H3. The van der Waals surface area contributed by atoms with Crippen molar-refractivity contribution in [2.45, 2.75) is 32.4 Å². The Bertz CT molecular complexity index is 358. The monoisotopic (exact) mass is 254 g/mol. The highest BCUT2D eigenvalue weighted by Crippen LogP contribution is 2.12. The van der Waals surface area contributed by atoms with E-state index in [0.717, 1.165) is 37.9 Å². The van der Waals surface area contributed by atoms with Gasteiger partial charge in [-0.2, -0.15) is 0 Å². The van der Waals surface area contributed by atoms with Crippen LogP contribution in [0.1, 0.15) is 30.4 Å². The first-order chi connectivity index (χ1) is 8.67. The van der Waals surface area contributed by atoms with Crippen LogP contribution >= 0.6 is 0 Å². The molecule has 0 aromatic heterocycles. The summed E-state index contributed by atoms with van der Waals surface area (Å²) in [6.45, 7) is 2.28. The third-order valence-electron chi connectivity index (χ3n) is 2.98. The van der Waals surface area contributed by atoms with Gasteiger partial charge in [-0.3, -0.25) is 0 Å². The van der Waals surface area contributed by atoms with Gasteiger partial charge in [-0.15, -0.1) is 0 Å². The molecule has 0 aliphatic heterocycles. The summed E-state index contributed by atoms with van der Waals surface area (Å²) in [5, 5.41) is 8.69. The predicted molar refractivity (Wildman–Crippen MR) is 71.6 cm³/mol. The molecular formula is C14H23FN2O. The van der Waals surface area contributed by atoms with E-state index < -0.39 is 0 Å². The van der Waals surface area contributed by atoms with E-state index in [-0.39, 0.29) is 19.0 Å². The lowest BCUT2D eigenvalue weighted by Gasteiger charge is -2.17. The van der Waals surface area contributed by atoms with Gasteiger partial charge in [-0.25, -0.2) is 4.39 Å². The second-order valence-electron chi connectivity index (χ2n) is 4.65. The van der Waals surface area contributed by atoms with Crippen LogP contribution in [-0.4, -0.2) is 30.2 Å². The molecule has 1 aromatic rings. The van der Waals surface area contributed by atoms with Crippen LogP contribution < -0.4 is 5.73 Å². The van der Waals surface area contributed by atoms with Crippen molar-refractivity contribution in [1.29, 1.82) is 0 Å². The molecule has 0 fully saturated rings. The Morgan fingerprint density at radius 3 is 2.72 bits per heavy atom. The zero-order valence-corrected chi connectivity index (χ0v) is 11.0. The zero-order valence-electron chi connectivity index (χ0n) is 11.0. The van der Waals surface area contributed by atoms with E-state index in [2.05, 4.69) is 4.90 Å². The summed E-state index contributed by atoms with van der Waals surface area (Å²) < 4.78 is 13.3. The van der Waals surface area contributed by atoms with Crippen LogP contribution in [0.25, 0.3) is 0 Å². The fourth-order valence-electron chi connectivity index (χ4n) is 1.94. The summed E-state index contributed by atoms with van der Waals surface area (Å²) >= 11 is 0. The van der Waals surface area contributed by atoms with Crippen molar-refractivity contribution in [3.05, 3.63) is 35.1 Å². The maximum atomic E-state index is 13.3. The van der Waals surface area contributed by atoms with Crippen molar-refractivity contribution in [2.24, 2.45) is 5.73 Å². The largest absolute Gasteiger partial charge is 0.396 e. The van der Waals surface area contributed by atoms with E-state index in [1.807, 2.05) is 13.1 Å². The molecule has 3 nitrogen and oxygen atoms in total. The lowest BCUT2D eigenvalue weighted by molar-refractivity contribution is 0.271. The molecule has 3 N–H and O–H groups in total. The molecular weight excluding hydrogens is 231 g/mol. The van der Waals surface area contributed by atoms with Crippen molar-refractivity contribution in [1.82, 2.24) is 4.90 Å². The normalized spacial score (nSPS) is 11.2. The molecule has 0 aliphatic carbocycles. The van der Waals surface area contributed by atoms with Crippen LogP contribution in [0.5, 0.6) is 0 Å². The van der Waals surface area contributed by atoms with Gasteiger partial charge in [-0.05, 0) is 44.5 Å². The van der Waals surface area contributed by atoms with Crippen molar-refractivity contribution >= 4 is 0 Å². The number of halogens is 1. The molecule has 1 aromatic carbocycles. The van der Waals surface area contributed by atoms with Crippen molar-refractivity contribution in [3.8, 4) is 0 Å². The number of benzene rings is 1. The molecule has 18 heavy (non-hydrogen) atoms. The average Bonchev–Trinajstić information content (AvgIpc) is 2.37. The molecule has 4 heteroatoms. The highest BCUT2D eigenvalue weighted by atomic mass is 19.1. The minimum absolute atomic E-state index is 0.230. The number of nitrogens with two attached hydrogens (primary N) is 1. The molecule has 0 unspecified atom stereocenters. The van der Waals surface area contributed by atoms with Gasteiger partial charge in [-0.1, -0.05) is 12.1 Å². The Hall–Kier alpha value is -0.970. The number of aliphatic hydroxyl groups is 1. The SMILES string of the molecule is CN(CCCCCO)Cc1ccc(F)c(CN)c1. The summed E-state index contributed by atoms with van der Waals surface area (Å²) in [4.78, 5) is 2.20. The van der Waals surface area contributed by atoms with E-state index in [0.29, 0.717) is 5.56 Å². The molecule has 0 bridgehead atoms. The second-order valence-corrected chi connectivity index (χ2v) is 4.65. The average molecular weight is 254 g/mol. The quantitative estimate of drug-likeness (QED) is 0.696. The Balaban J connectivity index is 2.41. The summed E-state index contributed by atoms with van der Waals surface area (Å²) in [5.74, 6) is -0.230. The first kappa shape index (κ1) is 15.1. The number of unbranched alkanes of at least 4 members (excludes halogenated alkanes) is 2. The summed E-state index contributed by atoms with van der Waals surface area (Å²) in [6, 6.07) is 5.12. The molecule has 0 spiro atoms. The lowest BCUT2D eigenvalue weighted by Crippen LogP contribution is -2.19. The number of nitrogens with zero attached hydrogens (tertiary/aromatic N) is 1. The van der Waals surface area contributed by atoms with Gasteiger partial charge >= 0.3 is 0 Å². The van der Waals surface area contributed by atoms with Gasteiger partial charge in [0.2, 0.25) is 0 Å². The summed E-state index contributed by atoms with van der Waals surface area (Å²) in [6.07, 6.45) is 2.97. The molecule has 0 aliphatic rings. The van der Waals surface area contributed by atoms with Gasteiger partial charge in [0.15, 0.2) is 0 Å². The Morgan fingerprint density at radius 2 is 2.06 bits per heavy atom. The molecule has 0 saturated heterocycles. The lowest BCUT2D eigenvalue weighted by atomic mass is 10.1. The third-order valence-corrected chi connectivity index (χ3v) is 2.98. The van der Waals surface area contributed by atoms with Gasteiger partial charge in [0.05, 0.1) is 0 Å². The number of hydrogen-bond acceptors (Lipinski definition) is 3. The molecule has 0 saturated carbocycles. The molecule has 0 heterocycles. The number of hydrogen-bond donors (Lipinski definition) is 2. The topological polar surface area (TPSA) is 49.5 Å². The van der Waals surface area contributed by atoms with E-state index in [4.69, 9.17) is 10.8 Å². The molecule has 1 rings (SSSR count). The van der Waals surface area contributed by atoms with Crippen LogP contribution in [0, 0.1) is 5.82 Å². The highest BCUT2D eigenvalue weighted by molar-refractivity contribution is 5.24. The number of rotatable bonds is 8. The molecule has 102 valence electrons. The van der Waals surface area contributed by atoms with Gasteiger partial charge in [0.25, 0.3) is 0 Å². The van der Waals surface area contributed by atoms with Crippen LogP contribution in [0.4, 0.5) is 4.39 Å². The first-order valence-electron chi connectivity index (χ1n) is 6.44. The van der Waals surface area contributed by atoms with Crippen LogP contribution in [-0.2, 0) is 13.1 Å². The highest BCUT2D eigenvalue weighted by Gasteiger charge is 2.04. The summed E-state index contributed by atoms with van der Waals surface area (Å²) in [7, 11) is 2.05. The van der Waals surface area contributed by atoms with Crippen LogP contribution in [0.2, 0.25) is 0 Å².